The third kappa shape index (κ3) is 1.76. The number of fused-ring (bicyclic) bond motifs is 1. The average Bonchev–Trinajstić information content (AvgIpc) is 2.26. The zero-order valence-corrected chi connectivity index (χ0v) is 8.25. The van der Waals surface area contributed by atoms with Gasteiger partial charge in [-0.15, -0.1) is 0 Å². The van der Waals surface area contributed by atoms with Gasteiger partial charge >= 0.3 is 6.18 Å². The number of aliphatic hydroxyl groups excluding tert-OH is 1. The Kier molecular flexibility index (Phi) is 2.59. The van der Waals surface area contributed by atoms with Crippen LogP contribution in [0.4, 0.5) is 13.2 Å². The minimum absolute atomic E-state index is 0.126. The van der Waals surface area contributed by atoms with Crippen LogP contribution in [0.2, 0.25) is 0 Å². The van der Waals surface area contributed by atoms with Crippen molar-refractivity contribution in [2.75, 3.05) is 0 Å². The maximum Gasteiger partial charge on any atom is 0.417 e. The van der Waals surface area contributed by atoms with Gasteiger partial charge < -0.3 is 5.11 Å². The van der Waals surface area contributed by atoms with E-state index in [1.807, 2.05) is 0 Å². The Balaban J connectivity index is 2.79. The molecule has 2 aromatic rings. The lowest BCUT2D eigenvalue weighted by atomic mass is 10.0. The second-order valence-electron chi connectivity index (χ2n) is 3.47. The van der Waals surface area contributed by atoms with Crippen LogP contribution in [0.25, 0.3) is 10.8 Å². The highest BCUT2D eigenvalue weighted by Gasteiger charge is 2.32. The molecule has 84 valence electrons. The fourth-order valence-electron chi connectivity index (χ4n) is 1.76. The molecule has 0 heterocycles. The molecule has 0 unspecified atom stereocenters. The molecule has 0 aliphatic carbocycles. The van der Waals surface area contributed by atoms with Crippen molar-refractivity contribution in [3.8, 4) is 0 Å². The summed E-state index contributed by atoms with van der Waals surface area (Å²) in [6, 6.07) is 8.52. The third-order valence-electron chi connectivity index (χ3n) is 2.49. The molecule has 4 heteroatoms. The van der Waals surface area contributed by atoms with Gasteiger partial charge in [0.1, 0.15) is 0 Å². The highest BCUT2D eigenvalue weighted by molar-refractivity contribution is 5.89. The number of halogens is 3. The fourth-order valence-corrected chi connectivity index (χ4v) is 1.76. The molecular formula is C12H9F3O. The van der Waals surface area contributed by atoms with Crippen molar-refractivity contribution in [2.24, 2.45) is 0 Å². The normalized spacial score (nSPS) is 12.0. The lowest BCUT2D eigenvalue weighted by Crippen LogP contribution is -2.05. The highest BCUT2D eigenvalue weighted by atomic mass is 19.4. The monoisotopic (exact) mass is 226 g/mol. The van der Waals surface area contributed by atoms with Crippen LogP contribution in [0.15, 0.2) is 36.4 Å². The Hall–Kier alpha value is -1.55. The molecular weight excluding hydrogens is 217 g/mol. The standard InChI is InChI=1S/C12H9F3O/c13-12(14,15)11-6-2-4-9-8(7-16)3-1-5-10(9)11/h1-6,16H,7H2. The molecule has 0 aromatic heterocycles. The number of alkyl halides is 3. The lowest BCUT2D eigenvalue weighted by molar-refractivity contribution is -0.136. The smallest absolute Gasteiger partial charge is 0.392 e. The molecule has 1 nitrogen and oxygen atoms in total. The van der Waals surface area contributed by atoms with Crippen molar-refractivity contribution in [1.29, 1.82) is 0 Å². The van der Waals surface area contributed by atoms with Gasteiger partial charge in [-0.05, 0) is 22.4 Å². The SMILES string of the molecule is OCc1cccc2c(C(F)(F)F)cccc12. The minimum atomic E-state index is -4.37. The van der Waals surface area contributed by atoms with Crippen molar-refractivity contribution in [1.82, 2.24) is 0 Å². The lowest BCUT2D eigenvalue weighted by Gasteiger charge is -2.11. The summed E-state index contributed by atoms with van der Waals surface area (Å²) in [7, 11) is 0. The van der Waals surface area contributed by atoms with Crippen LogP contribution in [0.5, 0.6) is 0 Å². The summed E-state index contributed by atoms with van der Waals surface area (Å²) in [6.45, 7) is -0.265. The van der Waals surface area contributed by atoms with E-state index in [1.165, 1.54) is 18.2 Å². The van der Waals surface area contributed by atoms with Gasteiger partial charge in [0.05, 0.1) is 12.2 Å². The molecule has 0 saturated heterocycles. The molecule has 0 aliphatic rings. The molecule has 16 heavy (non-hydrogen) atoms. The van der Waals surface area contributed by atoms with Crippen LogP contribution in [0, 0.1) is 0 Å². The Bertz CT molecular complexity index is 517. The van der Waals surface area contributed by atoms with Crippen LogP contribution in [0.3, 0.4) is 0 Å². The summed E-state index contributed by atoms with van der Waals surface area (Å²) in [4.78, 5) is 0. The number of hydrogen-bond acceptors (Lipinski definition) is 1. The van der Waals surface area contributed by atoms with E-state index in [0.29, 0.717) is 10.9 Å². The van der Waals surface area contributed by atoms with Crippen LogP contribution in [-0.2, 0) is 12.8 Å². The topological polar surface area (TPSA) is 20.2 Å². The summed E-state index contributed by atoms with van der Waals surface area (Å²) < 4.78 is 38.1. The van der Waals surface area contributed by atoms with Crippen molar-refractivity contribution in [2.45, 2.75) is 12.8 Å². The van der Waals surface area contributed by atoms with Crippen molar-refractivity contribution in [3.63, 3.8) is 0 Å². The van der Waals surface area contributed by atoms with E-state index >= 15 is 0 Å². The van der Waals surface area contributed by atoms with E-state index < -0.39 is 11.7 Å². The van der Waals surface area contributed by atoms with Gasteiger partial charge in [0.25, 0.3) is 0 Å². The molecule has 0 amide bonds. The van der Waals surface area contributed by atoms with Crippen molar-refractivity contribution < 1.29 is 18.3 Å². The summed E-state index contributed by atoms with van der Waals surface area (Å²) in [6.07, 6.45) is -4.37. The van der Waals surface area contributed by atoms with Gasteiger partial charge in [-0.3, -0.25) is 0 Å². The summed E-state index contributed by atoms with van der Waals surface area (Å²) >= 11 is 0. The predicted molar refractivity (Wildman–Crippen MR) is 54.9 cm³/mol. The largest absolute Gasteiger partial charge is 0.417 e. The van der Waals surface area contributed by atoms with Crippen LogP contribution in [-0.4, -0.2) is 5.11 Å². The quantitative estimate of drug-likeness (QED) is 0.790. The maximum atomic E-state index is 12.7. The maximum absolute atomic E-state index is 12.7. The summed E-state index contributed by atoms with van der Waals surface area (Å²) in [5, 5.41) is 9.62. The molecule has 0 bridgehead atoms. The molecule has 1 N–H and O–H groups in total. The van der Waals surface area contributed by atoms with Crippen LogP contribution in [0.1, 0.15) is 11.1 Å². The van der Waals surface area contributed by atoms with Crippen molar-refractivity contribution in [3.05, 3.63) is 47.5 Å². The zero-order valence-electron chi connectivity index (χ0n) is 8.25. The first-order valence-corrected chi connectivity index (χ1v) is 4.72. The Morgan fingerprint density at radius 1 is 0.938 bits per heavy atom. The number of rotatable bonds is 1. The first-order valence-electron chi connectivity index (χ1n) is 4.72. The predicted octanol–water partition coefficient (Wildman–Crippen LogP) is 3.35. The summed E-state index contributed by atoms with van der Waals surface area (Å²) in [5.41, 5.74) is -0.163. The summed E-state index contributed by atoms with van der Waals surface area (Å²) in [5.74, 6) is 0. The van der Waals surface area contributed by atoms with Crippen molar-refractivity contribution >= 4 is 10.8 Å². The Morgan fingerprint density at radius 3 is 2.19 bits per heavy atom. The molecule has 0 saturated carbocycles. The van der Waals surface area contributed by atoms with E-state index in [1.54, 1.807) is 12.1 Å². The first kappa shape index (κ1) is 11.0. The van der Waals surface area contributed by atoms with E-state index in [0.717, 1.165) is 6.07 Å². The highest BCUT2D eigenvalue weighted by Crippen LogP contribution is 2.35. The van der Waals surface area contributed by atoms with E-state index in [2.05, 4.69) is 0 Å². The minimum Gasteiger partial charge on any atom is -0.392 e. The number of hydrogen-bond donors (Lipinski definition) is 1. The van der Waals surface area contributed by atoms with Gasteiger partial charge in [0, 0.05) is 0 Å². The molecule has 0 spiro atoms. The average molecular weight is 226 g/mol. The first-order chi connectivity index (χ1) is 7.54. The molecule has 0 atom stereocenters. The van der Waals surface area contributed by atoms with E-state index in [-0.39, 0.29) is 12.0 Å². The second kappa shape index (κ2) is 3.79. The Labute approximate surface area is 90.1 Å². The van der Waals surface area contributed by atoms with Crippen LogP contribution < -0.4 is 0 Å². The van der Waals surface area contributed by atoms with Gasteiger partial charge in [0.15, 0.2) is 0 Å². The fraction of sp³-hybridized carbons (Fsp3) is 0.167. The van der Waals surface area contributed by atoms with Gasteiger partial charge in [0.2, 0.25) is 0 Å². The Morgan fingerprint density at radius 2 is 1.56 bits per heavy atom. The molecule has 0 fully saturated rings. The molecule has 0 aliphatic heterocycles. The van der Waals surface area contributed by atoms with E-state index in [9.17, 15) is 13.2 Å². The van der Waals surface area contributed by atoms with Gasteiger partial charge in [-0.1, -0.05) is 30.3 Å². The number of aliphatic hydroxyl groups is 1. The second-order valence-corrected chi connectivity index (χ2v) is 3.47. The molecule has 2 aromatic carbocycles. The van der Waals surface area contributed by atoms with Crippen LogP contribution >= 0.6 is 0 Å². The third-order valence-corrected chi connectivity index (χ3v) is 2.49. The number of benzene rings is 2. The zero-order chi connectivity index (χ0) is 11.8. The van der Waals surface area contributed by atoms with Gasteiger partial charge in [-0.2, -0.15) is 13.2 Å². The van der Waals surface area contributed by atoms with Gasteiger partial charge in [-0.25, -0.2) is 0 Å². The van der Waals surface area contributed by atoms with E-state index in [4.69, 9.17) is 5.11 Å². The molecule has 2 rings (SSSR count). The molecule has 0 radical (unpaired) electrons.